The predicted molar refractivity (Wildman–Crippen MR) is 67.0 cm³/mol. The molecule has 1 aromatic carbocycles. The van der Waals surface area contributed by atoms with E-state index in [-0.39, 0.29) is 12.4 Å². The fourth-order valence-electron chi connectivity index (χ4n) is 1.57. The second kappa shape index (κ2) is 6.12. The Morgan fingerprint density at radius 3 is 2.75 bits per heavy atom. The van der Waals surface area contributed by atoms with Crippen molar-refractivity contribution in [2.75, 3.05) is 24.6 Å². The molecule has 0 heterocycles. The Labute approximate surface area is 96.2 Å². The summed E-state index contributed by atoms with van der Waals surface area (Å²) in [5.41, 5.74) is 7.59. The summed E-state index contributed by atoms with van der Waals surface area (Å²) in [7, 11) is 0. The molecular formula is C12H19N3O. The lowest BCUT2D eigenvalue weighted by Crippen LogP contribution is -2.30. The maximum Gasteiger partial charge on any atom is 0.0923 e. The molecule has 16 heavy (non-hydrogen) atoms. The van der Waals surface area contributed by atoms with Gasteiger partial charge in [0.15, 0.2) is 0 Å². The highest BCUT2D eigenvalue weighted by Gasteiger charge is 2.06. The van der Waals surface area contributed by atoms with Crippen LogP contribution >= 0.6 is 0 Å². The average molecular weight is 221 g/mol. The molecular weight excluding hydrogens is 202 g/mol. The molecule has 0 atom stereocenters. The Kier molecular flexibility index (Phi) is 4.79. The molecule has 88 valence electrons. The Hall–Kier alpha value is -1.55. The summed E-state index contributed by atoms with van der Waals surface area (Å²) in [5.74, 6) is 0.176. The van der Waals surface area contributed by atoms with E-state index in [0.29, 0.717) is 19.5 Å². The number of hydrogen-bond acceptors (Lipinski definition) is 3. The second-order valence-corrected chi connectivity index (χ2v) is 3.82. The lowest BCUT2D eigenvalue weighted by molar-refractivity contribution is 0.302. The van der Waals surface area contributed by atoms with Crippen molar-refractivity contribution in [2.45, 2.75) is 13.3 Å². The van der Waals surface area contributed by atoms with Crippen LogP contribution < -0.4 is 10.6 Å². The zero-order valence-electron chi connectivity index (χ0n) is 9.61. The molecule has 0 radical (unpaired) electrons. The fourth-order valence-corrected chi connectivity index (χ4v) is 1.57. The number of nitrogens with two attached hydrogens (primary N) is 1. The van der Waals surface area contributed by atoms with Gasteiger partial charge in [-0.3, -0.25) is 5.41 Å². The Morgan fingerprint density at radius 2 is 2.19 bits per heavy atom. The van der Waals surface area contributed by atoms with Crippen molar-refractivity contribution < 1.29 is 5.11 Å². The van der Waals surface area contributed by atoms with Gasteiger partial charge in [0, 0.05) is 25.2 Å². The van der Waals surface area contributed by atoms with Crippen LogP contribution in [0.2, 0.25) is 0 Å². The Morgan fingerprint density at radius 1 is 1.44 bits per heavy atom. The lowest BCUT2D eigenvalue weighted by Gasteiger charge is -2.24. The van der Waals surface area contributed by atoms with Crippen molar-refractivity contribution >= 4 is 11.5 Å². The Balaban J connectivity index is 2.72. The van der Waals surface area contributed by atoms with Crippen molar-refractivity contribution in [3.8, 4) is 0 Å². The van der Waals surface area contributed by atoms with E-state index in [4.69, 9.17) is 16.2 Å². The molecule has 0 aromatic heterocycles. The first kappa shape index (κ1) is 12.5. The van der Waals surface area contributed by atoms with Crippen molar-refractivity contribution in [3.05, 3.63) is 29.8 Å². The van der Waals surface area contributed by atoms with Crippen LogP contribution in [0.15, 0.2) is 24.3 Å². The van der Waals surface area contributed by atoms with E-state index < -0.39 is 0 Å². The first-order valence-electron chi connectivity index (χ1n) is 5.39. The molecule has 0 fully saturated rings. The molecule has 0 saturated carbocycles. The van der Waals surface area contributed by atoms with Crippen LogP contribution in [0.3, 0.4) is 0 Å². The minimum absolute atomic E-state index is 0.103. The zero-order valence-corrected chi connectivity index (χ0v) is 9.61. The van der Waals surface area contributed by atoms with Gasteiger partial charge in [-0.2, -0.15) is 0 Å². The SMILES string of the molecule is Cc1cccc(N(CCO)CCC(=N)N)c1. The van der Waals surface area contributed by atoms with E-state index in [1.54, 1.807) is 0 Å². The number of benzene rings is 1. The van der Waals surface area contributed by atoms with Crippen LogP contribution in [0.1, 0.15) is 12.0 Å². The van der Waals surface area contributed by atoms with E-state index in [1.807, 2.05) is 30.0 Å². The number of aliphatic hydroxyl groups excluding tert-OH is 1. The quantitative estimate of drug-likeness (QED) is 0.498. The van der Waals surface area contributed by atoms with Gasteiger partial charge in [-0.25, -0.2) is 0 Å². The summed E-state index contributed by atoms with van der Waals surface area (Å²) in [6, 6.07) is 8.09. The summed E-state index contributed by atoms with van der Waals surface area (Å²) >= 11 is 0. The molecule has 0 amide bonds. The van der Waals surface area contributed by atoms with Crippen LogP contribution in [0.4, 0.5) is 5.69 Å². The minimum atomic E-state index is 0.103. The summed E-state index contributed by atoms with van der Waals surface area (Å²) in [6.45, 7) is 3.37. The number of anilines is 1. The van der Waals surface area contributed by atoms with Crippen molar-refractivity contribution in [2.24, 2.45) is 5.73 Å². The van der Waals surface area contributed by atoms with Gasteiger partial charge in [0.05, 0.1) is 12.4 Å². The molecule has 1 aromatic rings. The van der Waals surface area contributed by atoms with Gasteiger partial charge in [-0.1, -0.05) is 12.1 Å². The largest absolute Gasteiger partial charge is 0.395 e. The van der Waals surface area contributed by atoms with E-state index in [2.05, 4.69) is 6.07 Å². The first-order chi connectivity index (χ1) is 7.63. The zero-order chi connectivity index (χ0) is 12.0. The number of amidine groups is 1. The Bertz CT molecular complexity index is 352. The van der Waals surface area contributed by atoms with Gasteiger partial charge in [0.1, 0.15) is 0 Å². The molecule has 0 bridgehead atoms. The lowest BCUT2D eigenvalue weighted by atomic mass is 10.2. The fraction of sp³-hybridized carbons (Fsp3) is 0.417. The number of aliphatic hydroxyl groups is 1. The molecule has 0 aliphatic rings. The standard InChI is InChI=1S/C12H19N3O/c1-10-3-2-4-11(9-10)15(7-8-16)6-5-12(13)14/h2-4,9,16H,5-8H2,1H3,(H3,13,14). The topological polar surface area (TPSA) is 73.3 Å². The van der Waals surface area contributed by atoms with Gasteiger partial charge in [0.2, 0.25) is 0 Å². The summed E-state index contributed by atoms with van der Waals surface area (Å²) in [6.07, 6.45) is 0.522. The molecule has 4 heteroatoms. The van der Waals surface area contributed by atoms with E-state index in [1.165, 1.54) is 5.56 Å². The number of hydrogen-bond donors (Lipinski definition) is 3. The van der Waals surface area contributed by atoms with Gasteiger partial charge in [-0.05, 0) is 24.6 Å². The third-order valence-electron chi connectivity index (χ3n) is 2.39. The molecule has 0 unspecified atom stereocenters. The van der Waals surface area contributed by atoms with Crippen LogP contribution in [-0.4, -0.2) is 30.6 Å². The van der Waals surface area contributed by atoms with Crippen LogP contribution in [-0.2, 0) is 0 Å². The molecule has 0 aliphatic heterocycles. The average Bonchev–Trinajstić information content (AvgIpc) is 2.24. The number of nitrogens with zero attached hydrogens (tertiary/aromatic N) is 1. The number of aryl methyl sites for hydroxylation is 1. The van der Waals surface area contributed by atoms with Crippen LogP contribution in [0.5, 0.6) is 0 Å². The highest BCUT2D eigenvalue weighted by molar-refractivity contribution is 5.77. The number of nitrogens with one attached hydrogen (secondary N) is 1. The maximum atomic E-state index is 9.01. The normalized spacial score (nSPS) is 10.1. The smallest absolute Gasteiger partial charge is 0.0923 e. The highest BCUT2D eigenvalue weighted by atomic mass is 16.3. The molecule has 0 aliphatic carbocycles. The van der Waals surface area contributed by atoms with Crippen LogP contribution in [0.25, 0.3) is 0 Å². The third kappa shape index (κ3) is 3.90. The number of rotatable bonds is 6. The monoisotopic (exact) mass is 221 g/mol. The first-order valence-corrected chi connectivity index (χ1v) is 5.39. The highest BCUT2D eigenvalue weighted by Crippen LogP contribution is 2.15. The third-order valence-corrected chi connectivity index (χ3v) is 2.39. The molecule has 4 N–H and O–H groups in total. The summed E-state index contributed by atoms with van der Waals surface area (Å²) in [5, 5.41) is 16.2. The van der Waals surface area contributed by atoms with Gasteiger partial charge < -0.3 is 15.7 Å². The minimum Gasteiger partial charge on any atom is -0.395 e. The van der Waals surface area contributed by atoms with Crippen LogP contribution in [0, 0.1) is 12.3 Å². The molecule has 0 saturated heterocycles. The van der Waals surface area contributed by atoms with Gasteiger partial charge in [0.25, 0.3) is 0 Å². The second-order valence-electron chi connectivity index (χ2n) is 3.82. The predicted octanol–water partition coefficient (Wildman–Crippen LogP) is 1.12. The van der Waals surface area contributed by atoms with Crippen molar-refractivity contribution in [1.29, 1.82) is 5.41 Å². The van der Waals surface area contributed by atoms with E-state index in [9.17, 15) is 0 Å². The summed E-state index contributed by atoms with van der Waals surface area (Å²) < 4.78 is 0. The van der Waals surface area contributed by atoms with E-state index >= 15 is 0 Å². The summed E-state index contributed by atoms with van der Waals surface area (Å²) in [4.78, 5) is 2.04. The van der Waals surface area contributed by atoms with E-state index in [0.717, 1.165) is 5.69 Å². The van der Waals surface area contributed by atoms with Gasteiger partial charge >= 0.3 is 0 Å². The molecule has 0 spiro atoms. The molecule has 4 nitrogen and oxygen atoms in total. The maximum absolute atomic E-state index is 9.01. The van der Waals surface area contributed by atoms with Crippen molar-refractivity contribution in [3.63, 3.8) is 0 Å². The molecule has 1 rings (SSSR count). The van der Waals surface area contributed by atoms with Crippen molar-refractivity contribution in [1.82, 2.24) is 0 Å². The van der Waals surface area contributed by atoms with Gasteiger partial charge in [-0.15, -0.1) is 0 Å².